The van der Waals surface area contributed by atoms with E-state index in [1.165, 1.54) is 17.7 Å². The standard InChI is InChI=1S/C20H23N3O2S/c1-25-16-7-4-6-15(12-16)17-13-18(19-8-5-11-26-19)23(21-17)20(24)14-22-9-2-3-10-22/h4-8,11-12,18H,2-3,9-10,13-14H2,1H3/t18-/m0/s1. The topological polar surface area (TPSA) is 45.1 Å². The van der Waals surface area contributed by atoms with Gasteiger partial charge in [-0.05, 0) is 49.5 Å². The molecule has 136 valence electrons. The predicted molar refractivity (Wildman–Crippen MR) is 104 cm³/mol. The van der Waals surface area contributed by atoms with E-state index in [9.17, 15) is 4.79 Å². The smallest absolute Gasteiger partial charge is 0.257 e. The van der Waals surface area contributed by atoms with Gasteiger partial charge in [-0.2, -0.15) is 5.10 Å². The van der Waals surface area contributed by atoms with Crippen LogP contribution in [0.5, 0.6) is 5.75 Å². The Morgan fingerprint density at radius 2 is 2.12 bits per heavy atom. The van der Waals surface area contributed by atoms with E-state index < -0.39 is 0 Å². The molecule has 0 unspecified atom stereocenters. The molecule has 3 heterocycles. The largest absolute Gasteiger partial charge is 0.497 e. The second kappa shape index (κ2) is 7.60. The molecule has 1 amide bonds. The number of nitrogens with zero attached hydrogens (tertiary/aromatic N) is 3. The van der Waals surface area contributed by atoms with E-state index in [0.717, 1.165) is 36.5 Å². The minimum atomic E-state index is -0.00805. The number of amides is 1. The number of thiophene rings is 1. The summed E-state index contributed by atoms with van der Waals surface area (Å²) >= 11 is 1.68. The molecular formula is C20H23N3O2S. The third-order valence-corrected chi connectivity index (χ3v) is 5.97. The van der Waals surface area contributed by atoms with Gasteiger partial charge in [-0.15, -0.1) is 11.3 Å². The number of carbonyl (C=O) groups is 1. The Hall–Kier alpha value is -2.18. The van der Waals surface area contributed by atoms with Gasteiger partial charge in [-0.1, -0.05) is 18.2 Å². The van der Waals surface area contributed by atoms with Gasteiger partial charge in [0.15, 0.2) is 0 Å². The van der Waals surface area contributed by atoms with Gasteiger partial charge in [-0.25, -0.2) is 5.01 Å². The van der Waals surface area contributed by atoms with Crippen molar-refractivity contribution in [3.05, 3.63) is 52.2 Å². The Kier molecular flexibility index (Phi) is 5.04. The Labute approximate surface area is 157 Å². The van der Waals surface area contributed by atoms with Crippen molar-refractivity contribution in [1.82, 2.24) is 9.91 Å². The fourth-order valence-electron chi connectivity index (χ4n) is 3.62. The molecule has 6 heteroatoms. The summed E-state index contributed by atoms with van der Waals surface area (Å²) in [4.78, 5) is 16.4. The van der Waals surface area contributed by atoms with Crippen molar-refractivity contribution in [2.75, 3.05) is 26.7 Å². The molecule has 4 rings (SSSR count). The number of hydrogen-bond donors (Lipinski definition) is 0. The second-order valence-electron chi connectivity index (χ2n) is 6.74. The maximum absolute atomic E-state index is 13.0. The van der Waals surface area contributed by atoms with E-state index in [1.54, 1.807) is 23.5 Å². The average Bonchev–Trinajstić information content (AvgIpc) is 3.41. The molecule has 2 aromatic rings. The molecule has 0 spiro atoms. The lowest BCUT2D eigenvalue weighted by molar-refractivity contribution is -0.133. The van der Waals surface area contributed by atoms with E-state index in [1.807, 2.05) is 30.3 Å². The van der Waals surface area contributed by atoms with E-state index in [4.69, 9.17) is 9.84 Å². The summed E-state index contributed by atoms with van der Waals surface area (Å²) in [6.07, 6.45) is 3.10. The number of carbonyl (C=O) groups excluding carboxylic acids is 1. The van der Waals surface area contributed by atoms with Crippen LogP contribution < -0.4 is 4.74 Å². The highest BCUT2D eigenvalue weighted by Gasteiger charge is 2.34. The fourth-order valence-corrected chi connectivity index (χ4v) is 4.44. The molecule has 5 nitrogen and oxygen atoms in total. The lowest BCUT2D eigenvalue weighted by Gasteiger charge is -2.23. The van der Waals surface area contributed by atoms with Crippen LogP contribution in [0.2, 0.25) is 0 Å². The van der Waals surface area contributed by atoms with Crippen molar-refractivity contribution in [3.8, 4) is 5.75 Å². The zero-order valence-corrected chi connectivity index (χ0v) is 15.7. The molecule has 1 fully saturated rings. The quantitative estimate of drug-likeness (QED) is 0.810. The van der Waals surface area contributed by atoms with Gasteiger partial charge in [-0.3, -0.25) is 9.69 Å². The Morgan fingerprint density at radius 1 is 1.27 bits per heavy atom. The molecule has 26 heavy (non-hydrogen) atoms. The molecule has 2 aliphatic heterocycles. The van der Waals surface area contributed by atoms with Crippen LogP contribution in [0, 0.1) is 0 Å². The van der Waals surface area contributed by atoms with Crippen LogP contribution in [-0.2, 0) is 4.79 Å². The van der Waals surface area contributed by atoms with E-state index >= 15 is 0 Å². The highest BCUT2D eigenvalue weighted by molar-refractivity contribution is 7.10. The lowest BCUT2D eigenvalue weighted by atomic mass is 10.0. The summed E-state index contributed by atoms with van der Waals surface area (Å²) in [6, 6.07) is 12.0. The van der Waals surface area contributed by atoms with Gasteiger partial charge >= 0.3 is 0 Å². The number of rotatable bonds is 5. The van der Waals surface area contributed by atoms with Crippen LogP contribution in [0.25, 0.3) is 0 Å². The monoisotopic (exact) mass is 369 g/mol. The molecule has 0 radical (unpaired) electrons. The van der Waals surface area contributed by atoms with Crippen LogP contribution in [0.3, 0.4) is 0 Å². The number of hydrogen-bond acceptors (Lipinski definition) is 5. The van der Waals surface area contributed by atoms with Crippen LogP contribution in [0.15, 0.2) is 46.9 Å². The number of methoxy groups -OCH3 is 1. The predicted octanol–water partition coefficient (Wildman–Crippen LogP) is 3.53. The lowest BCUT2D eigenvalue weighted by Crippen LogP contribution is -2.36. The zero-order chi connectivity index (χ0) is 17.9. The zero-order valence-electron chi connectivity index (χ0n) is 14.9. The first-order chi connectivity index (χ1) is 12.7. The van der Waals surface area contributed by atoms with Crippen molar-refractivity contribution in [2.24, 2.45) is 5.10 Å². The summed E-state index contributed by atoms with van der Waals surface area (Å²) in [5.41, 5.74) is 1.96. The molecule has 0 aliphatic carbocycles. The van der Waals surface area contributed by atoms with E-state index in [2.05, 4.69) is 16.3 Å². The first kappa shape index (κ1) is 17.2. The highest BCUT2D eigenvalue weighted by atomic mass is 32.1. The van der Waals surface area contributed by atoms with Crippen molar-refractivity contribution in [1.29, 1.82) is 0 Å². The molecule has 2 aliphatic rings. The molecule has 0 N–H and O–H groups in total. The molecule has 0 saturated carbocycles. The molecular weight excluding hydrogens is 346 g/mol. The minimum absolute atomic E-state index is 0.00805. The van der Waals surface area contributed by atoms with Crippen molar-refractivity contribution in [2.45, 2.75) is 25.3 Å². The summed E-state index contributed by atoms with van der Waals surface area (Å²) in [6.45, 7) is 2.47. The number of likely N-dealkylation sites (tertiary alicyclic amines) is 1. The summed E-state index contributed by atoms with van der Waals surface area (Å²) in [5.74, 6) is 0.892. The Balaban J connectivity index is 1.60. The SMILES string of the molecule is COc1cccc(C2=NN(C(=O)CN3CCCC3)[C@H](c3cccs3)C2)c1. The third-order valence-electron chi connectivity index (χ3n) is 5.00. The summed E-state index contributed by atoms with van der Waals surface area (Å²) in [7, 11) is 1.66. The van der Waals surface area contributed by atoms with Gasteiger partial charge in [0, 0.05) is 16.9 Å². The molecule has 1 saturated heterocycles. The number of ether oxygens (including phenoxy) is 1. The summed E-state index contributed by atoms with van der Waals surface area (Å²) < 4.78 is 5.34. The molecule has 1 aromatic carbocycles. The molecule has 0 bridgehead atoms. The van der Waals surface area contributed by atoms with Crippen molar-refractivity contribution < 1.29 is 9.53 Å². The Morgan fingerprint density at radius 3 is 2.85 bits per heavy atom. The Bertz CT molecular complexity index is 797. The first-order valence-electron chi connectivity index (χ1n) is 9.04. The first-order valence-corrected chi connectivity index (χ1v) is 9.92. The second-order valence-corrected chi connectivity index (χ2v) is 7.71. The van der Waals surface area contributed by atoms with Crippen LogP contribution in [-0.4, -0.2) is 48.3 Å². The maximum atomic E-state index is 13.0. The maximum Gasteiger partial charge on any atom is 0.257 e. The van der Waals surface area contributed by atoms with Crippen molar-refractivity contribution in [3.63, 3.8) is 0 Å². The fraction of sp³-hybridized carbons (Fsp3) is 0.400. The van der Waals surface area contributed by atoms with Gasteiger partial charge in [0.25, 0.3) is 5.91 Å². The summed E-state index contributed by atoms with van der Waals surface area (Å²) in [5, 5.41) is 8.50. The minimum Gasteiger partial charge on any atom is -0.497 e. The van der Waals surface area contributed by atoms with Gasteiger partial charge in [0.05, 0.1) is 25.4 Å². The van der Waals surface area contributed by atoms with Gasteiger partial charge in [0.2, 0.25) is 0 Å². The van der Waals surface area contributed by atoms with Crippen LogP contribution in [0.1, 0.15) is 35.7 Å². The van der Waals surface area contributed by atoms with Crippen LogP contribution in [0.4, 0.5) is 0 Å². The van der Waals surface area contributed by atoms with E-state index in [0.29, 0.717) is 6.54 Å². The van der Waals surface area contributed by atoms with Gasteiger partial charge < -0.3 is 4.74 Å². The molecule has 1 atom stereocenters. The highest BCUT2D eigenvalue weighted by Crippen LogP contribution is 2.35. The number of benzene rings is 1. The van der Waals surface area contributed by atoms with Crippen LogP contribution >= 0.6 is 11.3 Å². The van der Waals surface area contributed by atoms with Crippen molar-refractivity contribution >= 4 is 23.0 Å². The normalized spacial score (nSPS) is 20.4. The van der Waals surface area contributed by atoms with Gasteiger partial charge in [0.1, 0.15) is 5.75 Å². The number of hydrazone groups is 1. The van der Waals surface area contributed by atoms with E-state index in [-0.39, 0.29) is 11.9 Å². The third kappa shape index (κ3) is 3.52. The average molecular weight is 369 g/mol. The molecule has 1 aromatic heterocycles.